The van der Waals surface area contributed by atoms with Crippen molar-refractivity contribution in [2.24, 2.45) is 17.8 Å². The molecule has 0 aliphatic rings. The summed E-state index contributed by atoms with van der Waals surface area (Å²) < 4.78 is 16.8. The summed E-state index contributed by atoms with van der Waals surface area (Å²) in [6.07, 6.45) is 43.8. The van der Waals surface area contributed by atoms with Gasteiger partial charge in [0.05, 0.1) is 0 Å². The summed E-state index contributed by atoms with van der Waals surface area (Å²) in [5.74, 6) is 1.60. The van der Waals surface area contributed by atoms with Gasteiger partial charge in [-0.3, -0.25) is 14.4 Å². The summed E-state index contributed by atoms with van der Waals surface area (Å²) in [6.45, 7) is 13.7. The molecule has 6 heteroatoms. The molecule has 0 aliphatic heterocycles. The van der Waals surface area contributed by atoms with Gasteiger partial charge < -0.3 is 14.2 Å². The first-order valence-electron chi connectivity index (χ1n) is 26.1. The summed E-state index contributed by atoms with van der Waals surface area (Å²) in [5, 5.41) is 0. The molecule has 0 unspecified atom stereocenters. The summed E-state index contributed by atoms with van der Waals surface area (Å²) in [7, 11) is 0. The molecular formula is C53H102O6. The second-order valence-corrected chi connectivity index (χ2v) is 19.6. The van der Waals surface area contributed by atoms with Crippen LogP contribution in [0.2, 0.25) is 0 Å². The number of carbonyl (C=O) groups excluding carboxylic acids is 3. The Hall–Kier alpha value is -1.59. The molecule has 0 fully saturated rings. The third-order valence-electron chi connectivity index (χ3n) is 11.9. The fraction of sp³-hybridized carbons (Fsp3) is 0.943. The van der Waals surface area contributed by atoms with E-state index in [2.05, 4.69) is 41.5 Å². The van der Waals surface area contributed by atoms with Crippen LogP contribution < -0.4 is 0 Å². The third kappa shape index (κ3) is 47.3. The van der Waals surface area contributed by atoms with Crippen LogP contribution in [0.25, 0.3) is 0 Å². The maximum Gasteiger partial charge on any atom is 0.306 e. The Balaban J connectivity index is 4.28. The first kappa shape index (κ1) is 57.4. The minimum atomic E-state index is -0.763. The van der Waals surface area contributed by atoms with E-state index in [4.69, 9.17) is 14.2 Å². The Morgan fingerprint density at radius 1 is 0.288 bits per heavy atom. The molecule has 0 aromatic heterocycles. The number of ether oxygens (including phenoxy) is 3. The Kier molecular flexibility index (Phi) is 43.3. The van der Waals surface area contributed by atoms with Crippen LogP contribution in [0, 0.1) is 17.8 Å². The van der Waals surface area contributed by atoms with Crippen molar-refractivity contribution >= 4 is 17.9 Å². The molecule has 350 valence electrons. The van der Waals surface area contributed by atoms with Crippen LogP contribution >= 0.6 is 0 Å². The zero-order valence-corrected chi connectivity index (χ0v) is 40.5. The highest BCUT2D eigenvalue weighted by atomic mass is 16.6. The zero-order valence-electron chi connectivity index (χ0n) is 40.5. The molecule has 0 amide bonds. The smallest absolute Gasteiger partial charge is 0.306 e. The molecule has 0 aromatic rings. The van der Waals surface area contributed by atoms with Gasteiger partial charge in [-0.05, 0) is 37.0 Å². The molecule has 6 nitrogen and oxygen atoms in total. The number of esters is 3. The minimum absolute atomic E-state index is 0.0650. The van der Waals surface area contributed by atoms with Crippen molar-refractivity contribution in [2.75, 3.05) is 13.2 Å². The average Bonchev–Trinajstić information content (AvgIpc) is 3.19. The molecule has 0 aliphatic carbocycles. The van der Waals surface area contributed by atoms with Crippen molar-refractivity contribution in [3.05, 3.63) is 0 Å². The van der Waals surface area contributed by atoms with Crippen molar-refractivity contribution in [1.82, 2.24) is 0 Å². The normalized spacial score (nSPS) is 12.2. The molecule has 0 saturated carbocycles. The van der Waals surface area contributed by atoms with Crippen LogP contribution in [0.3, 0.4) is 0 Å². The predicted molar refractivity (Wildman–Crippen MR) is 252 cm³/mol. The van der Waals surface area contributed by atoms with E-state index in [9.17, 15) is 14.4 Å². The second kappa shape index (κ2) is 44.5. The van der Waals surface area contributed by atoms with Gasteiger partial charge in [0.25, 0.3) is 0 Å². The fourth-order valence-corrected chi connectivity index (χ4v) is 7.94. The van der Waals surface area contributed by atoms with Crippen LogP contribution in [0.5, 0.6) is 0 Å². The second-order valence-electron chi connectivity index (χ2n) is 19.6. The summed E-state index contributed by atoms with van der Waals surface area (Å²) in [6, 6.07) is 0. The molecule has 0 radical (unpaired) electrons. The lowest BCUT2D eigenvalue weighted by Gasteiger charge is -2.18. The standard InChI is InChI=1S/C53H102O6/c1-47(2)39-33-27-21-15-11-9-7-8-10-12-17-24-30-36-42-51(54)57-45-50(59-53(56)44-38-32-26-20-19-23-29-35-41-49(5)6)46-58-52(55)43-37-31-25-18-14-13-16-22-28-34-40-48(3)4/h47-50H,7-46H2,1-6H3/t50-/m0/s1. The van der Waals surface area contributed by atoms with E-state index in [1.807, 2.05) is 0 Å². The number of unbranched alkanes of at least 4 members (excludes halogenated alkanes) is 29. The van der Waals surface area contributed by atoms with Gasteiger partial charge >= 0.3 is 17.9 Å². The van der Waals surface area contributed by atoms with E-state index in [0.717, 1.165) is 75.5 Å². The van der Waals surface area contributed by atoms with Crippen molar-refractivity contribution in [3.8, 4) is 0 Å². The third-order valence-corrected chi connectivity index (χ3v) is 11.9. The summed E-state index contributed by atoms with van der Waals surface area (Å²) in [4.78, 5) is 37.9. The Labute approximate surface area is 368 Å². The zero-order chi connectivity index (χ0) is 43.4. The summed E-state index contributed by atoms with van der Waals surface area (Å²) >= 11 is 0. The predicted octanol–water partition coefficient (Wildman–Crippen LogP) is 16.8. The van der Waals surface area contributed by atoms with Crippen LogP contribution in [0.1, 0.15) is 286 Å². The highest BCUT2D eigenvalue weighted by Gasteiger charge is 2.19. The van der Waals surface area contributed by atoms with E-state index in [1.54, 1.807) is 0 Å². The van der Waals surface area contributed by atoms with E-state index in [0.29, 0.717) is 19.3 Å². The van der Waals surface area contributed by atoms with Crippen molar-refractivity contribution < 1.29 is 28.6 Å². The van der Waals surface area contributed by atoms with E-state index in [-0.39, 0.29) is 31.1 Å². The first-order chi connectivity index (χ1) is 28.6. The van der Waals surface area contributed by atoms with Gasteiger partial charge in [0.15, 0.2) is 6.10 Å². The highest BCUT2D eigenvalue weighted by Crippen LogP contribution is 2.18. The molecule has 0 N–H and O–H groups in total. The lowest BCUT2D eigenvalue weighted by atomic mass is 10.0. The number of carbonyl (C=O) groups is 3. The number of hydrogen-bond acceptors (Lipinski definition) is 6. The molecule has 59 heavy (non-hydrogen) atoms. The van der Waals surface area contributed by atoms with Crippen LogP contribution in [-0.2, 0) is 28.6 Å². The van der Waals surface area contributed by atoms with Crippen LogP contribution in [0.4, 0.5) is 0 Å². The van der Waals surface area contributed by atoms with Crippen molar-refractivity contribution in [2.45, 2.75) is 292 Å². The lowest BCUT2D eigenvalue weighted by Crippen LogP contribution is -2.30. The topological polar surface area (TPSA) is 78.9 Å². The van der Waals surface area contributed by atoms with Crippen molar-refractivity contribution in [1.29, 1.82) is 0 Å². The van der Waals surface area contributed by atoms with Gasteiger partial charge in [-0.25, -0.2) is 0 Å². The number of hydrogen-bond donors (Lipinski definition) is 0. The largest absolute Gasteiger partial charge is 0.462 e. The van der Waals surface area contributed by atoms with Gasteiger partial charge in [-0.15, -0.1) is 0 Å². The first-order valence-corrected chi connectivity index (χ1v) is 26.1. The van der Waals surface area contributed by atoms with Gasteiger partial charge in [0.2, 0.25) is 0 Å². The molecule has 0 saturated heterocycles. The van der Waals surface area contributed by atoms with E-state index >= 15 is 0 Å². The highest BCUT2D eigenvalue weighted by molar-refractivity contribution is 5.71. The Morgan fingerprint density at radius 3 is 0.729 bits per heavy atom. The monoisotopic (exact) mass is 835 g/mol. The molecule has 0 rings (SSSR count). The molecule has 1 atom stereocenters. The Bertz CT molecular complexity index is 914. The fourth-order valence-electron chi connectivity index (χ4n) is 7.94. The van der Waals surface area contributed by atoms with Gasteiger partial charge in [-0.1, -0.05) is 247 Å². The molecule has 0 spiro atoms. The maximum atomic E-state index is 12.8. The van der Waals surface area contributed by atoms with Gasteiger partial charge in [0.1, 0.15) is 13.2 Å². The van der Waals surface area contributed by atoms with E-state index in [1.165, 1.54) is 167 Å². The average molecular weight is 835 g/mol. The van der Waals surface area contributed by atoms with Crippen molar-refractivity contribution in [3.63, 3.8) is 0 Å². The quantitative estimate of drug-likeness (QED) is 0.0345. The SMILES string of the molecule is CC(C)CCCCCCCCCCCCCCCCC(=O)OC[C@@H](COC(=O)CCCCCCCCCCCCC(C)C)OC(=O)CCCCCCCCCCC(C)C. The summed E-state index contributed by atoms with van der Waals surface area (Å²) in [5.41, 5.74) is 0. The molecular weight excluding hydrogens is 733 g/mol. The molecule has 0 bridgehead atoms. The molecule has 0 heterocycles. The molecule has 0 aromatic carbocycles. The minimum Gasteiger partial charge on any atom is -0.462 e. The lowest BCUT2D eigenvalue weighted by molar-refractivity contribution is -0.167. The van der Waals surface area contributed by atoms with E-state index < -0.39 is 6.10 Å². The maximum absolute atomic E-state index is 12.8. The Morgan fingerprint density at radius 2 is 0.492 bits per heavy atom. The van der Waals surface area contributed by atoms with Gasteiger partial charge in [-0.2, -0.15) is 0 Å². The van der Waals surface area contributed by atoms with Crippen LogP contribution in [0.15, 0.2) is 0 Å². The number of rotatable bonds is 46. The van der Waals surface area contributed by atoms with Crippen LogP contribution in [-0.4, -0.2) is 37.2 Å². The van der Waals surface area contributed by atoms with Gasteiger partial charge in [0, 0.05) is 19.3 Å².